The van der Waals surface area contributed by atoms with E-state index < -0.39 is 12.0 Å². The smallest absolute Gasteiger partial charge is 0.338 e. The summed E-state index contributed by atoms with van der Waals surface area (Å²) in [5, 5.41) is 24.0. The van der Waals surface area contributed by atoms with Gasteiger partial charge in [0.1, 0.15) is 35.1 Å². The van der Waals surface area contributed by atoms with E-state index in [9.17, 15) is 10.1 Å². The predicted octanol–water partition coefficient (Wildman–Crippen LogP) is 2.69. The van der Waals surface area contributed by atoms with Gasteiger partial charge >= 0.3 is 5.97 Å². The lowest BCUT2D eigenvalue weighted by Crippen LogP contribution is -2.32. The highest BCUT2D eigenvalue weighted by molar-refractivity contribution is 6.32. The van der Waals surface area contributed by atoms with Crippen LogP contribution in [-0.4, -0.2) is 29.0 Å². The van der Waals surface area contributed by atoms with E-state index in [4.69, 9.17) is 37.8 Å². The van der Waals surface area contributed by atoms with Gasteiger partial charge in [0.2, 0.25) is 11.8 Å². The number of rotatable bonds is 4. The molecular formula is C22H16ClN9O3. The minimum Gasteiger partial charge on any atom is -0.465 e. The fraction of sp³-hybridized carbons (Fsp3) is 0.0909. The number of esters is 1. The number of benzene rings is 1. The summed E-state index contributed by atoms with van der Waals surface area (Å²) in [6, 6.07) is 8.95. The van der Waals surface area contributed by atoms with Crippen LogP contribution in [0.25, 0.3) is 0 Å². The Labute approximate surface area is 203 Å². The van der Waals surface area contributed by atoms with Crippen molar-refractivity contribution >= 4 is 40.9 Å². The number of nitrogens with two attached hydrogens (primary N) is 2. The van der Waals surface area contributed by atoms with Crippen LogP contribution in [0.4, 0.5) is 17.3 Å². The van der Waals surface area contributed by atoms with E-state index in [-0.39, 0.29) is 51.1 Å². The fourth-order valence-electron chi connectivity index (χ4n) is 3.41. The van der Waals surface area contributed by atoms with E-state index >= 15 is 0 Å². The highest BCUT2D eigenvalue weighted by Gasteiger charge is 2.30. The van der Waals surface area contributed by atoms with Gasteiger partial charge in [-0.25, -0.2) is 19.8 Å². The van der Waals surface area contributed by atoms with Gasteiger partial charge in [0.15, 0.2) is 6.19 Å². The van der Waals surface area contributed by atoms with E-state index in [0.717, 1.165) is 0 Å². The van der Waals surface area contributed by atoms with Crippen molar-refractivity contribution in [3.63, 3.8) is 0 Å². The molecule has 3 heterocycles. The lowest BCUT2D eigenvalue weighted by molar-refractivity contribution is 0.0600. The van der Waals surface area contributed by atoms with Gasteiger partial charge in [-0.3, -0.25) is 5.32 Å². The first kappa shape index (κ1) is 23.1. The van der Waals surface area contributed by atoms with Crippen LogP contribution in [0, 0.1) is 22.8 Å². The van der Waals surface area contributed by atoms with Gasteiger partial charge in [-0.2, -0.15) is 10.5 Å². The van der Waals surface area contributed by atoms with Crippen LogP contribution >= 0.6 is 11.6 Å². The Morgan fingerprint density at radius 2 is 2.06 bits per heavy atom. The monoisotopic (exact) mass is 489 g/mol. The van der Waals surface area contributed by atoms with Crippen molar-refractivity contribution in [2.45, 2.75) is 6.04 Å². The maximum absolute atomic E-state index is 11.8. The summed E-state index contributed by atoms with van der Waals surface area (Å²) in [7, 11) is 1.27. The predicted molar refractivity (Wildman–Crippen MR) is 127 cm³/mol. The molecule has 1 aliphatic heterocycles. The molecule has 1 aromatic carbocycles. The first-order chi connectivity index (χ1) is 16.9. The maximum Gasteiger partial charge on any atom is 0.338 e. The van der Waals surface area contributed by atoms with Gasteiger partial charge in [-0.05, 0) is 23.8 Å². The third-order valence-electron chi connectivity index (χ3n) is 5.00. The van der Waals surface area contributed by atoms with Crippen LogP contribution < -0.4 is 26.8 Å². The molecule has 12 nitrogen and oxygen atoms in total. The number of pyridine rings is 2. The number of nitriles is 2. The highest BCUT2D eigenvalue weighted by Crippen LogP contribution is 2.42. The standard InChI is InChI=1S/C22H16ClN9O3/c1-34-21(33)11-4-5-28-15(7-11)35-14-3-2-10(6-13(14)23)18-16-17(26)12(8-24)19(27)31-20(16)32-22(30-18)29-9-25/h2-7,18H,1H3,(H6,26,27,29,30,31,32). The number of nitrogens with one attached hydrogen (secondary N) is 2. The lowest BCUT2D eigenvalue weighted by Gasteiger charge is -2.26. The van der Waals surface area contributed by atoms with Crippen molar-refractivity contribution in [3.8, 4) is 23.9 Å². The Bertz CT molecular complexity index is 1460. The first-order valence-electron chi connectivity index (χ1n) is 9.86. The number of methoxy groups -OCH3 is 1. The Morgan fingerprint density at radius 3 is 2.74 bits per heavy atom. The number of hydrogen-bond acceptors (Lipinski definition) is 12. The number of carbonyl (C=O) groups is 1. The second kappa shape index (κ2) is 9.43. The molecule has 0 saturated carbocycles. The van der Waals surface area contributed by atoms with Crippen LogP contribution in [0.2, 0.25) is 5.02 Å². The van der Waals surface area contributed by atoms with Crippen molar-refractivity contribution in [1.82, 2.24) is 15.3 Å². The summed E-state index contributed by atoms with van der Waals surface area (Å²) in [5.74, 6) is 0.164. The molecule has 1 aliphatic rings. The second-order valence-electron chi connectivity index (χ2n) is 7.07. The normalized spacial score (nSPS) is 13.8. The number of ether oxygens (including phenoxy) is 2. The van der Waals surface area contributed by atoms with Crippen LogP contribution in [0.1, 0.15) is 33.1 Å². The molecule has 174 valence electrons. The van der Waals surface area contributed by atoms with Crippen molar-refractivity contribution in [2.75, 3.05) is 23.9 Å². The molecule has 3 aromatic rings. The molecule has 0 radical (unpaired) electrons. The summed E-state index contributed by atoms with van der Waals surface area (Å²) in [4.78, 5) is 24.5. The number of nitrogens with zero attached hydrogens (tertiary/aromatic N) is 5. The number of halogens is 1. The molecule has 6 N–H and O–H groups in total. The van der Waals surface area contributed by atoms with E-state index in [0.29, 0.717) is 11.1 Å². The zero-order valence-corrected chi connectivity index (χ0v) is 18.8. The van der Waals surface area contributed by atoms with Gasteiger partial charge in [0.05, 0.1) is 23.4 Å². The van der Waals surface area contributed by atoms with Gasteiger partial charge in [0.25, 0.3) is 0 Å². The SMILES string of the molecule is COC(=O)c1ccnc(Oc2ccc(C3N=C(NC#N)Nc4nc(N)c(C#N)c(N)c43)cc2Cl)c1. The molecule has 0 spiro atoms. The molecule has 0 saturated heterocycles. The van der Waals surface area contributed by atoms with Crippen molar-refractivity contribution in [3.05, 3.63) is 63.8 Å². The topological polar surface area (TPSA) is 197 Å². The van der Waals surface area contributed by atoms with Gasteiger partial charge in [-0.15, -0.1) is 0 Å². The Kier molecular flexibility index (Phi) is 6.22. The average Bonchev–Trinajstić information content (AvgIpc) is 2.84. The lowest BCUT2D eigenvalue weighted by atomic mass is 9.95. The van der Waals surface area contributed by atoms with Crippen LogP contribution in [0.5, 0.6) is 11.6 Å². The molecule has 4 rings (SSSR count). The fourth-order valence-corrected chi connectivity index (χ4v) is 3.64. The molecule has 1 atom stereocenters. The highest BCUT2D eigenvalue weighted by atomic mass is 35.5. The van der Waals surface area contributed by atoms with Gasteiger partial charge < -0.3 is 26.3 Å². The second-order valence-corrected chi connectivity index (χ2v) is 7.48. The minimum absolute atomic E-state index is 0.0186. The van der Waals surface area contributed by atoms with Gasteiger partial charge in [-0.1, -0.05) is 17.7 Å². The molecule has 35 heavy (non-hydrogen) atoms. The van der Waals surface area contributed by atoms with E-state index in [1.807, 2.05) is 6.07 Å². The number of aromatic nitrogens is 2. The molecule has 1 unspecified atom stereocenters. The number of aliphatic imine (C=N–C) groups is 1. The van der Waals surface area contributed by atoms with E-state index in [2.05, 4.69) is 25.6 Å². The number of carbonyl (C=O) groups excluding carboxylic acids is 1. The third-order valence-corrected chi connectivity index (χ3v) is 5.30. The molecule has 0 fully saturated rings. The summed E-state index contributed by atoms with van der Waals surface area (Å²) in [6.45, 7) is 0. The zero-order valence-electron chi connectivity index (χ0n) is 18.0. The zero-order chi connectivity index (χ0) is 25.1. The van der Waals surface area contributed by atoms with E-state index in [1.165, 1.54) is 25.4 Å². The maximum atomic E-state index is 11.8. The Morgan fingerprint density at radius 1 is 1.26 bits per heavy atom. The van der Waals surface area contributed by atoms with Gasteiger partial charge in [0, 0.05) is 17.8 Å². The average molecular weight is 490 g/mol. The van der Waals surface area contributed by atoms with Crippen molar-refractivity contribution < 1.29 is 14.3 Å². The summed E-state index contributed by atoms with van der Waals surface area (Å²) >= 11 is 6.48. The van der Waals surface area contributed by atoms with Crippen LogP contribution in [0.15, 0.2) is 41.5 Å². The summed E-state index contributed by atoms with van der Waals surface area (Å²) < 4.78 is 10.4. The molecule has 0 bridgehead atoms. The van der Waals surface area contributed by atoms with E-state index in [1.54, 1.807) is 24.4 Å². The number of guanidine groups is 1. The summed E-state index contributed by atoms with van der Waals surface area (Å²) in [6.07, 6.45) is 3.19. The molecular weight excluding hydrogens is 474 g/mol. The number of anilines is 3. The number of hydrogen-bond donors (Lipinski definition) is 4. The molecule has 0 aliphatic carbocycles. The Hall–Kier alpha value is -5.07. The first-order valence-corrected chi connectivity index (χ1v) is 10.2. The molecule has 13 heteroatoms. The number of fused-ring (bicyclic) bond motifs is 1. The van der Waals surface area contributed by atoms with Crippen LogP contribution in [0.3, 0.4) is 0 Å². The molecule has 0 amide bonds. The minimum atomic E-state index is -0.769. The largest absolute Gasteiger partial charge is 0.465 e. The summed E-state index contributed by atoms with van der Waals surface area (Å²) in [5.41, 5.74) is 13.5. The molecule has 2 aromatic heterocycles. The van der Waals surface area contributed by atoms with Crippen molar-refractivity contribution in [1.29, 1.82) is 10.5 Å². The third kappa shape index (κ3) is 4.42. The van der Waals surface area contributed by atoms with Crippen LogP contribution in [-0.2, 0) is 4.74 Å². The van der Waals surface area contributed by atoms with Crippen molar-refractivity contribution in [2.24, 2.45) is 4.99 Å². The Balaban J connectivity index is 1.73. The quantitative estimate of drug-likeness (QED) is 0.238. The number of nitrogen functional groups attached to an aromatic ring is 2.